The van der Waals surface area contributed by atoms with Crippen LogP contribution in [0.15, 0.2) is 6.20 Å². The van der Waals surface area contributed by atoms with E-state index in [1.165, 1.54) is 10.9 Å². The van der Waals surface area contributed by atoms with E-state index in [4.69, 9.17) is 23.2 Å². The summed E-state index contributed by atoms with van der Waals surface area (Å²) in [6, 6.07) is -1.81. The molecule has 1 aromatic heterocycles. The zero-order valence-electron chi connectivity index (χ0n) is 10.6. The number of hydrazine groups is 2. The minimum Gasteiger partial charge on any atom is -0.350 e. The molecule has 1 rings (SSSR count). The van der Waals surface area contributed by atoms with Crippen LogP contribution < -0.4 is 33.2 Å². The topological polar surface area (TPSA) is 163 Å². The number of amides is 4. The molecular weight excluding hydrogens is 252 g/mol. The molecule has 0 unspecified atom stereocenters. The lowest BCUT2D eigenvalue weighted by Crippen LogP contribution is -2.46. The van der Waals surface area contributed by atoms with Gasteiger partial charge in [0, 0.05) is 6.54 Å². The van der Waals surface area contributed by atoms with Crippen LogP contribution in [0.25, 0.3) is 0 Å². The summed E-state index contributed by atoms with van der Waals surface area (Å²) in [6.07, 6.45) is 3.01. The van der Waals surface area contributed by atoms with Crippen molar-refractivity contribution in [2.24, 2.45) is 23.2 Å². The number of nitrogens with zero attached hydrogens (tertiary/aromatic N) is 4. The normalized spacial score (nSPS) is 10.3. The van der Waals surface area contributed by atoms with Gasteiger partial charge in [-0.2, -0.15) is 5.10 Å². The SMILES string of the molecule is CCCCn1ncc(N(N)C(N)=O)c1N(N)C(N)=O. The molecule has 19 heavy (non-hydrogen) atoms. The van der Waals surface area contributed by atoms with E-state index < -0.39 is 12.1 Å². The minimum absolute atomic E-state index is 0.102. The number of carbonyl (C=O) groups is 2. The molecule has 1 heterocycles. The second-order valence-electron chi connectivity index (χ2n) is 3.85. The number of aryl methyl sites for hydroxylation is 1. The molecule has 106 valence electrons. The van der Waals surface area contributed by atoms with Crippen molar-refractivity contribution in [3.63, 3.8) is 0 Å². The van der Waals surface area contributed by atoms with Gasteiger partial charge in [0.15, 0.2) is 5.82 Å². The Bertz CT molecular complexity index is 471. The highest BCUT2D eigenvalue weighted by atomic mass is 16.2. The van der Waals surface area contributed by atoms with E-state index in [0.29, 0.717) is 16.6 Å². The molecule has 0 bridgehead atoms. The largest absolute Gasteiger partial charge is 0.350 e. The summed E-state index contributed by atoms with van der Waals surface area (Å²) in [5.74, 6) is 11.2. The van der Waals surface area contributed by atoms with E-state index in [1.807, 2.05) is 6.92 Å². The number of primary amides is 2. The van der Waals surface area contributed by atoms with Crippen LogP contribution >= 0.6 is 0 Å². The Balaban J connectivity index is 3.20. The second-order valence-corrected chi connectivity index (χ2v) is 3.85. The molecule has 4 amide bonds. The monoisotopic (exact) mass is 270 g/mol. The molecule has 10 heteroatoms. The first kappa shape index (κ1) is 14.7. The summed E-state index contributed by atoms with van der Waals surface area (Å²) >= 11 is 0. The van der Waals surface area contributed by atoms with Gasteiger partial charge in [-0.3, -0.25) is 0 Å². The number of unbranched alkanes of at least 4 members (excludes halogenated alkanes) is 1. The first-order chi connectivity index (χ1) is 8.90. The van der Waals surface area contributed by atoms with Crippen LogP contribution in [0.2, 0.25) is 0 Å². The third-order valence-corrected chi connectivity index (χ3v) is 2.48. The van der Waals surface area contributed by atoms with Gasteiger partial charge in [0.2, 0.25) is 0 Å². The fraction of sp³-hybridized carbons (Fsp3) is 0.444. The molecule has 0 spiro atoms. The maximum Gasteiger partial charge on any atom is 0.335 e. The molecule has 0 atom stereocenters. The number of hydrogen-bond donors (Lipinski definition) is 4. The molecule has 1 aromatic rings. The molecule has 0 fully saturated rings. The molecular formula is C9H18N8O2. The fourth-order valence-electron chi connectivity index (χ4n) is 1.48. The molecule has 0 radical (unpaired) electrons. The van der Waals surface area contributed by atoms with Crippen molar-refractivity contribution in [3.8, 4) is 0 Å². The van der Waals surface area contributed by atoms with Crippen LogP contribution in [0.1, 0.15) is 19.8 Å². The first-order valence-electron chi connectivity index (χ1n) is 5.64. The molecule has 0 aromatic carbocycles. The number of carbonyl (C=O) groups excluding carboxylic acids is 2. The Morgan fingerprint density at radius 1 is 1.26 bits per heavy atom. The van der Waals surface area contributed by atoms with Crippen LogP contribution in [0, 0.1) is 0 Å². The summed E-state index contributed by atoms with van der Waals surface area (Å²) in [5.41, 5.74) is 10.3. The van der Waals surface area contributed by atoms with Gasteiger partial charge in [0.25, 0.3) is 0 Å². The van der Waals surface area contributed by atoms with Crippen LogP contribution in [0.4, 0.5) is 21.1 Å². The fourth-order valence-corrected chi connectivity index (χ4v) is 1.48. The van der Waals surface area contributed by atoms with Gasteiger partial charge in [-0.15, -0.1) is 0 Å². The van der Waals surface area contributed by atoms with E-state index in [1.54, 1.807) is 0 Å². The highest BCUT2D eigenvalue weighted by molar-refractivity contribution is 5.97. The molecule has 0 aliphatic rings. The highest BCUT2D eigenvalue weighted by Gasteiger charge is 2.24. The van der Waals surface area contributed by atoms with Gasteiger partial charge >= 0.3 is 12.1 Å². The zero-order valence-corrected chi connectivity index (χ0v) is 10.6. The third kappa shape index (κ3) is 3.11. The van der Waals surface area contributed by atoms with Crippen molar-refractivity contribution in [1.82, 2.24) is 9.78 Å². The van der Waals surface area contributed by atoms with E-state index in [9.17, 15) is 9.59 Å². The number of anilines is 2. The zero-order chi connectivity index (χ0) is 14.6. The number of nitrogens with two attached hydrogens (primary N) is 4. The lowest BCUT2D eigenvalue weighted by molar-refractivity contribution is 0.252. The predicted octanol–water partition coefficient (Wildman–Crippen LogP) is -0.799. The highest BCUT2D eigenvalue weighted by Crippen LogP contribution is 2.26. The Morgan fingerprint density at radius 3 is 2.32 bits per heavy atom. The molecule has 0 saturated heterocycles. The van der Waals surface area contributed by atoms with E-state index in [0.717, 1.165) is 12.8 Å². The van der Waals surface area contributed by atoms with Gasteiger partial charge in [-0.1, -0.05) is 13.3 Å². The lowest BCUT2D eigenvalue weighted by Gasteiger charge is -2.20. The van der Waals surface area contributed by atoms with Gasteiger partial charge in [0.1, 0.15) is 5.69 Å². The van der Waals surface area contributed by atoms with Crippen molar-refractivity contribution in [2.45, 2.75) is 26.3 Å². The number of rotatable bonds is 5. The average molecular weight is 270 g/mol. The summed E-state index contributed by atoms with van der Waals surface area (Å²) in [5, 5.41) is 5.33. The number of urea groups is 2. The van der Waals surface area contributed by atoms with Gasteiger partial charge in [0.05, 0.1) is 6.20 Å². The molecule has 0 aliphatic carbocycles. The lowest BCUT2D eigenvalue weighted by atomic mass is 10.3. The summed E-state index contributed by atoms with van der Waals surface area (Å²) in [6.45, 7) is 2.50. The molecule has 0 aliphatic heterocycles. The number of hydrogen-bond acceptors (Lipinski definition) is 5. The van der Waals surface area contributed by atoms with Crippen LogP contribution in [-0.4, -0.2) is 21.8 Å². The van der Waals surface area contributed by atoms with Gasteiger partial charge in [-0.25, -0.2) is 36.0 Å². The van der Waals surface area contributed by atoms with E-state index >= 15 is 0 Å². The average Bonchev–Trinajstić information content (AvgIpc) is 2.77. The first-order valence-corrected chi connectivity index (χ1v) is 5.64. The van der Waals surface area contributed by atoms with Crippen molar-refractivity contribution >= 4 is 23.6 Å². The quantitative estimate of drug-likeness (QED) is 0.312. The minimum atomic E-state index is -0.908. The molecule has 0 saturated carbocycles. The maximum atomic E-state index is 11.2. The van der Waals surface area contributed by atoms with Crippen molar-refractivity contribution in [2.75, 3.05) is 10.0 Å². The number of aromatic nitrogens is 2. The Morgan fingerprint density at radius 2 is 1.84 bits per heavy atom. The van der Waals surface area contributed by atoms with Gasteiger partial charge in [-0.05, 0) is 6.42 Å². The van der Waals surface area contributed by atoms with Crippen molar-refractivity contribution < 1.29 is 9.59 Å². The van der Waals surface area contributed by atoms with Crippen LogP contribution in [-0.2, 0) is 6.54 Å². The second kappa shape index (κ2) is 6.02. The van der Waals surface area contributed by atoms with E-state index in [2.05, 4.69) is 5.10 Å². The molecule has 10 nitrogen and oxygen atoms in total. The van der Waals surface area contributed by atoms with Crippen LogP contribution in [0.3, 0.4) is 0 Å². The van der Waals surface area contributed by atoms with Crippen molar-refractivity contribution in [3.05, 3.63) is 6.20 Å². The maximum absolute atomic E-state index is 11.2. The van der Waals surface area contributed by atoms with Gasteiger partial charge < -0.3 is 11.5 Å². The molecule has 8 N–H and O–H groups in total. The van der Waals surface area contributed by atoms with Crippen LogP contribution in [0.5, 0.6) is 0 Å². The Kier molecular flexibility index (Phi) is 4.67. The standard InChI is InChI=1S/C9H18N8O2/c1-2-3-4-15-7(17(13)9(11)19)6(5-14-15)16(12)8(10)18/h5H,2-4,12-13H2,1H3,(H2,10,18)(H2,11,19). The Labute approximate surface area is 109 Å². The van der Waals surface area contributed by atoms with E-state index in [-0.39, 0.29) is 11.5 Å². The Hall–Kier alpha value is -2.33. The van der Waals surface area contributed by atoms with Crippen molar-refractivity contribution in [1.29, 1.82) is 0 Å². The summed E-state index contributed by atoms with van der Waals surface area (Å²) in [4.78, 5) is 22.3. The summed E-state index contributed by atoms with van der Waals surface area (Å²) in [7, 11) is 0. The predicted molar refractivity (Wildman–Crippen MR) is 69.6 cm³/mol. The summed E-state index contributed by atoms with van der Waals surface area (Å²) < 4.78 is 1.44. The smallest absolute Gasteiger partial charge is 0.335 e. The third-order valence-electron chi connectivity index (χ3n) is 2.48.